The fourth-order valence-electron chi connectivity index (χ4n) is 4.08. The zero-order valence-corrected chi connectivity index (χ0v) is 16.3. The van der Waals surface area contributed by atoms with Gasteiger partial charge in [-0.1, -0.05) is 48.5 Å². The number of hydrazone groups is 1. The molecule has 29 heavy (non-hydrogen) atoms. The Morgan fingerprint density at radius 1 is 0.966 bits per heavy atom. The summed E-state index contributed by atoms with van der Waals surface area (Å²) in [6.07, 6.45) is 0. The van der Waals surface area contributed by atoms with Crippen LogP contribution in [0.4, 0.5) is 0 Å². The molecule has 5 nitrogen and oxygen atoms in total. The van der Waals surface area contributed by atoms with Gasteiger partial charge in [0, 0.05) is 23.2 Å². The molecule has 0 aliphatic heterocycles. The van der Waals surface area contributed by atoms with E-state index >= 15 is 0 Å². The second-order valence-corrected chi connectivity index (χ2v) is 7.10. The minimum absolute atomic E-state index is 0.245. The predicted octanol–water partition coefficient (Wildman–Crippen LogP) is 4.53. The quantitative estimate of drug-likeness (QED) is 0.468. The fraction of sp³-hybridized carbons (Fsp3) is 0.125. The van der Waals surface area contributed by atoms with Gasteiger partial charge < -0.3 is 4.57 Å². The van der Waals surface area contributed by atoms with Gasteiger partial charge in [0.1, 0.15) is 5.82 Å². The lowest BCUT2D eigenvalue weighted by atomic mass is 10.1. The van der Waals surface area contributed by atoms with Crippen LogP contribution in [0, 0.1) is 6.92 Å². The van der Waals surface area contributed by atoms with Crippen molar-refractivity contribution in [3.05, 3.63) is 89.2 Å². The third-order valence-electron chi connectivity index (χ3n) is 5.44. The first kappa shape index (κ1) is 17.4. The predicted molar refractivity (Wildman–Crippen MR) is 115 cm³/mol. The van der Waals surface area contributed by atoms with E-state index in [-0.39, 0.29) is 5.91 Å². The van der Waals surface area contributed by atoms with Crippen LogP contribution in [0.15, 0.2) is 71.8 Å². The minimum atomic E-state index is -0.245. The number of amides is 1. The van der Waals surface area contributed by atoms with Crippen LogP contribution < -0.4 is 5.43 Å². The lowest BCUT2D eigenvalue weighted by Gasteiger charge is -2.05. The van der Waals surface area contributed by atoms with Crippen molar-refractivity contribution in [1.82, 2.24) is 15.0 Å². The van der Waals surface area contributed by atoms with Crippen molar-refractivity contribution in [2.45, 2.75) is 20.4 Å². The van der Waals surface area contributed by atoms with Crippen LogP contribution in [0.3, 0.4) is 0 Å². The highest BCUT2D eigenvalue weighted by Gasteiger charge is 2.24. The summed E-state index contributed by atoms with van der Waals surface area (Å²) in [5, 5.41) is 4.49. The molecule has 3 aromatic carbocycles. The highest BCUT2D eigenvalue weighted by Crippen LogP contribution is 2.36. The Kier molecular flexibility index (Phi) is 4.02. The number of hydrogen-bond acceptors (Lipinski definition) is 3. The summed E-state index contributed by atoms with van der Waals surface area (Å²) in [5.74, 6) is 0.699. The molecule has 142 valence electrons. The average molecular weight is 380 g/mol. The Hall–Kier alpha value is -3.73. The molecule has 1 N–H and O–H groups in total. The van der Waals surface area contributed by atoms with Gasteiger partial charge in [-0.15, -0.1) is 0 Å². The van der Waals surface area contributed by atoms with E-state index < -0.39 is 0 Å². The van der Waals surface area contributed by atoms with Crippen molar-refractivity contribution in [3.8, 4) is 11.1 Å². The van der Waals surface area contributed by atoms with Gasteiger partial charge >= 0.3 is 0 Å². The van der Waals surface area contributed by atoms with Crippen molar-refractivity contribution in [3.63, 3.8) is 0 Å². The van der Waals surface area contributed by atoms with Crippen LogP contribution in [0.1, 0.15) is 34.2 Å². The Labute approximate surface area is 168 Å². The topological polar surface area (TPSA) is 59.3 Å². The van der Waals surface area contributed by atoms with Crippen LogP contribution in [-0.4, -0.2) is 21.2 Å². The highest BCUT2D eigenvalue weighted by molar-refractivity contribution is 6.24. The molecule has 0 fully saturated rings. The number of hydrogen-bond donors (Lipinski definition) is 1. The van der Waals surface area contributed by atoms with Gasteiger partial charge in [-0.3, -0.25) is 4.79 Å². The molecule has 0 spiro atoms. The second-order valence-electron chi connectivity index (χ2n) is 7.10. The van der Waals surface area contributed by atoms with Crippen LogP contribution in [0.25, 0.3) is 22.2 Å². The maximum Gasteiger partial charge on any atom is 0.271 e. The van der Waals surface area contributed by atoms with Gasteiger partial charge in [0.15, 0.2) is 0 Å². The normalized spacial score (nSPS) is 12.0. The van der Waals surface area contributed by atoms with Gasteiger partial charge in [0.05, 0.1) is 16.7 Å². The van der Waals surface area contributed by atoms with Gasteiger partial charge in [0.2, 0.25) is 0 Å². The number of benzene rings is 3. The number of fused-ring (bicyclic) bond motifs is 4. The van der Waals surface area contributed by atoms with E-state index in [0.29, 0.717) is 5.56 Å². The summed E-state index contributed by atoms with van der Waals surface area (Å²) in [7, 11) is 0. The first-order valence-electron chi connectivity index (χ1n) is 9.71. The van der Waals surface area contributed by atoms with Crippen molar-refractivity contribution >= 4 is 22.7 Å². The van der Waals surface area contributed by atoms with E-state index in [1.54, 1.807) is 0 Å². The zero-order valence-electron chi connectivity index (χ0n) is 16.3. The van der Waals surface area contributed by atoms with Crippen LogP contribution in [0.5, 0.6) is 0 Å². The molecule has 5 heteroatoms. The van der Waals surface area contributed by atoms with E-state index in [4.69, 9.17) is 0 Å². The summed E-state index contributed by atoms with van der Waals surface area (Å²) >= 11 is 0. The molecular weight excluding hydrogens is 360 g/mol. The van der Waals surface area contributed by atoms with E-state index in [1.807, 2.05) is 61.5 Å². The molecule has 1 aromatic heterocycles. The third kappa shape index (κ3) is 2.74. The van der Waals surface area contributed by atoms with Gasteiger partial charge in [0.25, 0.3) is 5.91 Å². The largest absolute Gasteiger partial charge is 0.329 e. The van der Waals surface area contributed by atoms with Crippen molar-refractivity contribution in [2.24, 2.45) is 5.10 Å². The number of nitrogens with one attached hydrogen (secondary N) is 1. The number of carbonyl (C=O) groups is 1. The summed E-state index contributed by atoms with van der Waals surface area (Å²) < 4.78 is 2.13. The molecule has 1 heterocycles. The smallest absolute Gasteiger partial charge is 0.271 e. The SMILES string of the molecule is CCn1c(C)nc2cc(C(=O)NN=C3c4ccccc4-c4ccccc43)ccc21. The van der Waals surface area contributed by atoms with E-state index in [0.717, 1.165) is 51.4 Å². The molecule has 0 saturated carbocycles. The molecule has 0 unspecified atom stereocenters. The van der Waals surface area contributed by atoms with Crippen LogP contribution >= 0.6 is 0 Å². The zero-order chi connectivity index (χ0) is 20.0. The number of carbonyl (C=O) groups excluding carboxylic acids is 1. The molecule has 0 atom stereocenters. The molecule has 4 aromatic rings. The van der Waals surface area contributed by atoms with Gasteiger partial charge in [-0.05, 0) is 43.2 Å². The molecule has 0 radical (unpaired) electrons. The minimum Gasteiger partial charge on any atom is -0.329 e. The summed E-state index contributed by atoms with van der Waals surface area (Å²) in [6, 6.07) is 21.8. The molecule has 0 saturated heterocycles. The number of nitrogens with zero attached hydrogens (tertiary/aromatic N) is 3. The van der Waals surface area contributed by atoms with E-state index in [2.05, 4.69) is 39.1 Å². The monoisotopic (exact) mass is 380 g/mol. The highest BCUT2D eigenvalue weighted by atomic mass is 16.2. The third-order valence-corrected chi connectivity index (χ3v) is 5.44. The maximum atomic E-state index is 12.8. The summed E-state index contributed by atoms with van der Waals surface area (Å²) in [6.45, 7) is 4.91. The number of aromatic nitrogens is 2. The Morgan fingerprint density at radius 3 is 2.21 bits per heavy atom. The summed E-state index contributed by atoms with van der Waals surface area (Å²) in [4.78, 5) is 17.3. The second kappa shape index (κ2) is 6.71. The van der Waals surface area contributed by atoms with Gasteiger partial charge in [-0.25, -0.2) is 10.4 Å². The van der Waals surface area contributed by atoms with Crippen molar-refractivity contribution < 1.29 is 4.79 Å². The molecule has 5 rings (SSSR count). The molecule has 1 amide bonds. The lowest BCUT2D eigenvalue weighted by Crippen LogP contribution is -2.20. The maximum absolute atomic E-state index is 12.8. The molecule has 1 aliphatic rings. The average Bonchev–Trinajstić information content (AvgIpc) is 3.25. The number of aryl methyl sites for hydroxylation is 2. The fourth-order valence-corrected chi connectivity index (χ4v) is 4.08. The first-order valence-corrected chi connectivity index (χ1v) is 9.71. The van der Waals surface area contributed by atoms with Crippen molar-refractivity contribution in [2.75, 3.05) is 0 Å². The molecule has 0 bridgehead atoms. The van der Waals surface area contributed by atoms with Crippen LogP contribution in [0.2, 0.25) is 0 Å². The lowest BCUT2D eigenvalue weighted by molar-refractivity contribution is 0.0955. The van der Waals surface area contributed by atoms with Crippen molar-refractivity contribution in [1.29, 1.82) is 0 Å². The number of imidazole rings is 1. The van der Waals surface area contributed by atoms with E-state index in [9.17, 15) is 4.79 Å². The Balaban J connectivity index is 1.49. The molecular formula is C24H20N4O. The number of rotatable bonds is 3. The standard InChI is InChI=1S/C24H20N4O/c1-3-28-15(2)25-21-14-16(12-13-22(21)28)24(29)27-26-23-19-10-6-4-8-17(19)18-9-5-7-11-20(18)23/h4-14H,3H2,1-2H3,(H,27,29). The Bertz CT molecular complexity index is 1250. The van der Waals surface area contributed by atoms with Crippen LogP contribution in [-0.2, 0) is 6.54 Å². The Morgan fingerprint density at radius 2 is 1.59 bits per heavy atom. The summed E-state index contributed by atoms with van der Waals surface area (Å²) in [5.41, 5.74) is 10.3. The first-order chi connectivity index (χ1) is 14.2. The molecule has 1 aliphatic carbocycles. The van der Waals surface area contributed by atoms with E-state index in [1.165, 1.54) is 0 Å². The van der Waals surface area contributed by atoms with Gasteiger partial charge in [-0.2, -0.15) is 5.10 Å².